The monoisotopic (exact) mass is 557 g/mol. The van der Waals surface area contributed by atoms with Crippen LogP contribution in [0.5, 0.6) is 0 Å². The highest BCUT2D eigenvalue weighted by Gasteiger charge is 2.32. The Morgan fingerprint density at radius 1 is 1.08 bits per heavy atom. The van der Waals surface area contributed by atoms with Crippen molar-refractivity contribution in [3.8, 4) is 0 Å². The second-order valence-corrected chi connectivity index (χ2v) is 11.3. The van der Waals surface area contributed by atoms with Crippen molar-refractivity contribution in [2.24, 2.45) is 0 Å². The molecule has 0 unspecified atom stereocenters. The molecule has 0 saturated heterocycles. The van der Waals surface area contributed by atoms with Crippen LogP contribution >= 0.6 is 11.3 Å². The summed E-state index contributed by atoms with van der Waals surface area (Å²) in [4.78, 5) is 40.6. The molecular weight excluding hydrogens is 530 g/mol. The van der Waals surface area contributed by atoms with E-state index < -0.39 is 28.0 Å². The zero-order chi connectivity index (χ0) is 27.4. The number of carbonyl (C=O) groups is 3. The molecule has 38 heavy (non-hydrogen) atoms. The Morgan fingerprint density at radius 3 is 2.47 bits per heavy atom. The number of fused-ring (bicyclic) bond motifs is 1. The second-order valence-electron chi connectivity index (χ2n) is 8.49. The topological polar surface area (TPSA) is 131 Å². The van der Waals surface area contributed by atoms with Gasteiger partial charge in [-0.2, -0.15) is 0 Å². The number of methoxy groups -OCH3 is 1. The fraction of sp³-hybridized carbons (Fsp3) is 0.269. The number of ether oxygens (including phenoxy) is 2. The minimum absolute atomic E-state index is 0.0593. The fourth-order valence-electron chi connectivity index (χ4n) is 4.06. The summed E-state index contributed by atoms with van der Waals surface area (Å²) in [6, 6.07) is 12.5. The molecule has 3 aromatic rings. The van der Waals surface area contributed by atoms with E-state index in [1.54, 1.807) is 31.2 Å². The summed E-state index contributed by atoms with van der Waals surface area (Å²) >= 11 is 1.17. The zero-order valence-electron chi connectivity index (χ0n) is 21.1. The lowest BCUT2D eigenvalue weighted by atomic mass is 10.0. The Morgan fingerprint density at radius 2 is 1.79 bits per heavy atom. The Labute approximate surface area is 224 Å². The maximum Gasteiger partial charge on any atom is 0.409 e. The van der Waals surface area contributed by atoms with Gasteiger partial charge in [-0.3, -0.25) is 9.52 Å². The fourth-order valence-corrected chi connectivity index (χ4v) is 6.38. The van der Waals surface area contributed by atoms with Crippen LogP contribution in [0.3, 0.4) is 0 Å². The van der Waals surface area contributed by atoms with Gasteiger partial charge in [-0.15, -0.1) is 11.3 Å². The SMILES string of the molecule is CCOC(=O)c1c(NC(=O)c2ccccc2NS(=O)(=O)c2ccc(C)cc2)sc2c1CCN(C(=O)OC)C2. The van der Waals surface area contributed by atoms with E-state index in [0.29, 0.717) is 18.5 Å². The van der Waals surface area contributed by atoms with Crippen molar-refractivity contribution >= 4 is 50.0 Å². The predicted molar refractivity (Wildman–Crippen MR) is 143 cm³/mol. The third-order valence-electron chi connectivity index (χ3n) is 5.94. The van der Waals surface area contributed by atoms with Crippen LogP contribution in [0.1, 0.15) is 43.6 Å². The van der Waals surface area contributed by atoms with E-state index in [2.05, 4.69) is 10.0 Å². The summed E-state index contributed by atoms with van der Waals surface area (Å²) in [6.07, 6.45) is -0.0974. The van der Waals surface area contributed by atoms with E-state index in [1.807, 2.05) is 6.92 Å². The number of para-hydroxylation sites is 1. The number of nitrogens with one attached hydrogen (secondary N) is 2. The van der Waals surface area contributed by atoms with Crippen LogP contribution in [0, 0.1) is 6.92 Å². The molecule has 1 aliphatic rings. The van der Waals surface area contributed by atoms with Gasteiger partial charge in [0.05, 0.1) is 42.0 Å². The first-order valence-corrected chi connectivity index (χ1v) is 14.1. The van der Waals surface area contributed by atoms with Crippen molar-refractivity contribution in [2.45, 2.75) is 31.7 Å². The summed E-state index contributed by atoms with van der Waals surface area (Å²) < 4.78 is 38.5. The highest BCUT2D eigenvalue weighted by atomic mass is 32.2. The third-order valence-corrected chi connectivity index (χ3v) is 8.46. The molecule has 1 aliphatic heterocycles. The molecule has 0 radical (unpaired) electrons. The minimum Gasteiger partial charge on any atom is -0.462 e. The molecule has 2 aromatic carbocycles. The maximum absolute atomic E-state index is 13.4. The molecule has 0 saturated carbocycles. The predicted octanol–water partition coefficient (Wildman–Crippen LogP) is 4.41. The zero-order valence-corrected chi connectivity index (χ0v) is 22.7. The van der Waals surface area contributed by atoms with E-state index in [-0.39, 0.29) is 39.9 Å². The van der Waals surface area contributed by atoms with E-state index in [9.17, 15) is 22.8 Å². The van der Waals surface area contributed by atoms with Crippen molar-refractivity contribution in [3.05, 3.63) is 75.7 Å². The summed E-state index contributed by atoms with van der Waals surface area (Å²) in [6.45, 7) is 4.25. The number of benzene rings is 2. The lowest BCUT2D eigenvalue weighted by Gasteiger charge is -2.25. The molecule has 0 spiro atoms. The number of amides is 2. The van der Waals surface area contributed by atoms with Crippen LogP contribution in [0.25, 0.3) is 0 Å². The first kappa shape index (κ1) is 27.1. The number of sulfonamides is 1. The van der Waals surface area contributed by atoms with Crippen LogP contribution in [0.4, 0.5) is 15.5 Å². The van der Waals surface area contributed by atoms with Gasteiger partial charge in [-0.25, -0.2) is 18.0 Å². The van der Waals surface area contributed by atoms with Gasteiger partial charge in [0.1, 0.15) is 5.00 Å². The number of nitrogens with zero attached hydrogens (tertiary/aromatic N) is 1. The average Bonchev–Trinajstić information content (AvgIpc) is 3.25. The van der Waals surface area contributed by atoms with Gasteiger partial charge in [-0.05, 0) is 50.1 Å². The minimum atomic E-state index is -3.96. The number of hydrogen-bond donors (Lipinski definition) is 2. The van der Waals surface area contributed by atoms with Gasteiger partial charge in [0.2, 0.25) is 0 Å². The van der Waals surface area contributed by atoms with Crippen molar-refractivity contribution in [2.75, 3.05) is 30.3 Å². The number of rotatable bonds is 7. The van der Waals surface area contributed by atoms with Crippen LogP contribution in [0.2, 0.25) is 0 Å². The smallest absolute Gasteiger partial charge is 0.409 e. The lowest BCUT2D eigenvalue weighted by Crippen LogP contribution is -2.35. The number of aryl methyl sites for hydroxylation is 1. The van der Waals surface area contributed by atoms with Crippen molar-refractivity contribution in [1.29, 1.82) is 0 Å². The van der Waals surface area contributed by atoms with Gasteiger partial charge in [0, 0.05) is 11.4 Å². The van der Waals surface area contributed by atoms with Gasteiger partial charge >= 0.3 is 12.1 Å². The average molecular weight is 558 g/mol. The second kappa shape index (κ2) is 11.2. The summed E-state index contributed by atoms with van der Waals surface area (Å²) in [5, 5.41) is 3.03. The molecule has 1 aromatic heterocycles. The summed E-state index contributed by atoms with van der Waals surface area (Å²) in [5.41, 5.74) is 2.01. The molecule has 0 fully saturated rings. The molecule has 4 rings (SSSR count). The molecule has 2 amide bonds. The largest absolute Gasteiger partial charge is 0.462 e. The van der Waals surface area contributed by atoms with Gasteiger partial charge in [0.25, 0.3) is 15.9 Å². The van der Waals surface area contributed by atoms with Crippen LogP contribution in [-0.2, 0) is 32.5 Å². The molecule has 0 aliphatic carbocycles. The van der Waals surface area contributed by atoms with Gasteiger partial charge in [0.15, 0.2) is 0 Å². The van der Waals surface area contributed by atoms with E-state index in [4.69, 9.17) is 9.47 Å². The van der Waals surface area contributed by atoms with Crippen molar-refractivity contribution < 1.29 is 32.3 Å². The van der Waals surface area contributed by atoms with E-state index in [1.165, 1.54) is 47.6 Å². The molecule has 10 nitrogen and oxygen atoms in total. The number of anilines is 2. The third kappa shape index (κ3) is 5.65. The Hall–Kier alpha value is -3.90. The van der Waals surface area contributed by atoms with Crippen molar-refractivity contribution in [3.63, 3.8) is 0 Å². The highest BCUT2D eigenvalue weighted by molar-refractivity contribution is 7.92. The first-order chi connectivity index (χ1) is 18.1. The number of carbonyl (C=O) groups excluding carboxylic acids is 3. The van der Waals surface area contributed by atoms with Crippen LogP contribution in [0.15, 0.2) is 53.4 Å². The quantitative estimate of drug-likeness (QED) is 0.412. The summed E-state index contributed by atoms with van der Waals surface area (Å²) in [7, 11) is -2.66. The molecular formula is C26H27N3O7S2. The summed E-state index contributed by atoms with van der Waals surface area (Å²) in [5.74, 6) is -1.19. The Kier molecular flexibility index (Phi) is 8.02. The molecule has 0 atom stereocenters. The van der Waals surface area contributed by atoms with E-state index in [0.717, 1.165) is 10.4 Å². The van der Waals surface area contributed by atoms with Crippen LogP contribution < -0.4 is 10.0 Å². The lowest BCUT2D eigenvalue weighted by molar-refractivity contribution is 0.0526. The number of hydrogen-bond acceptors (Lipinski definition) is 8. The number of esters is 1. The molecule has 2 heterocycles. The maximum atomic E-state index is 13.4. The molecule has 2 N–H and O–H groups in total. The standard InChI is InChI=1S/C26H27N3O7S2/c1-4-36-25(31)22-19-13-14-29(26(32)35-3)15-21(19)37-24(22)27-23(30)18-7-5-6-8-20(18)28-38(33,34)17-11-9-16(2)10-12-17/h5-12,28H,4,13-15H2,1-3H3,(H,27,30). The van der Waals surface area contributed by atoms with Crippen LogP contribution in [-0.4, -0.2) is 51.5 Å². The van der Waals surface area contributed by atoms with Gasteiger partial charge < -0.3 is 19.7 Å². The highest BCUT2D eigenvalue weighted by Crippen LogP contribution is 2.38. The Balaban J connectivity index is 1.64. The molecule has 200 valence electrons. The van der Waals surface area contributed by atoms with Crippen molar-refractivity contribution in [1.82, 2.24) is 4.90 Å². The van der Waals surface area contributed by atoms with Gasteiger partial charge in [-0.1, -0.05) is 29.8 Å². The normalized spacial score (nSPS) is 12.9. The molecule has 12 heteroatoms. The van der Waals surface area contributed by atoms with E-state index >= 15 is 0 Å². The first-order valence-electron chi connectivity index (χ1n) is 11.8. The molecule has 0 bridgehead atoms. The Bertz CT molecular complexity index is 1480. The number of thiophene rings is 1.